The van der Waals surface area contributed by atoms with Crippen molar-refractivity contribution in [1.82, 2.24) is 0 Å². The number of hydrogen-bond donors (Lipinski definition) is 1. The summed E-state index contributed by atoms with van der Waals surface area (Å²) < 4.78 is 5.30. The van der Waals surface area contributed by atoms with Gasteiger partial charge in [0.2, 0.25) is 0 Å². The minimum Gasteiger partial charge on any atom is -0.458 e. The largest absolute Gasteiger partial charge is 0.458 e. The molecular weight excluding hydrogens is 202 g/mol. The van der Waals surface area contributed by atoms with Crippen molar-refractivity contribution in [2.45, 2.75) is 32.3 Å². The minimum absolute atomic E-state index is 0.148. The van der Waals surface area contributed by atoms with Crippen molar-refractivity contribution >= 4 is 5.97 Å². The topological polar surface area (TPSA) is 52.3 Å². The Morgan fingerprint density at radius 1 is 1.31 bits per heavy atom. The SMILES string of the molecule is CC(OC(=O)CCCCN)c1ccccc1. The van der Waals surface area contributed by atoms with Crippen molar-refractivity contribution in [2.24, 2.45) is 5.73 Å². The highest BCUT2D eigenvalue weighted by Crippen LogP contribution is 2.16. The first-order valence-electron chi connectivity index (χ1n) is 5.68. The maximum atomic E-state index is 11.4. The van der Waals surface area contributed by atoms with Gasteiger partial charge < -0.3 is 10.5 Å². The predicted octanol–water partition coefficient (Wildman–Crippen LogP) is 2.42. The van der Waals surface area contributed by atoms with Crippen LogP contribution in [0.1, 0.15) is 37.9 Å². The number of nitrogens with two attached hydrogens (primary N) is 1. The summed E-state index contributed by atoms with van der Waals surface area (Å²) >= 11 is 0. The normalized spacial score (nSPS) is 12.1. The molecule has 0 heterocycles. The zero-order valence-electron chi connectivity index (χ0n) is 9.69. The van der Waals surface area contributed by atoms with Crippen molar-refractivity contribution in [3.05, 3.63) is 35.9 Å². The Morgan fingerprint density at radius 2 is 2.00 bits per heavy atom. The third-order valence-corrected chi connectivity index (χ3v) is 2.41. The van der Waals surface area contributed by atoms with Gasteiger partial charge in [-0.25, -0.2) is 0 Å². The monoisotopic (exact) mass is 221 g/mol. The molecule has 0 saturated carbocycles. The molecule has 0 aliphatic heterocycles. The molecule has 0 saturated heterocycles. The highest BCUT2D eigenvalue weighted by Gasteiger charge is 2.10. The molecule has 0 bridgehead atoms. The lowest BCUT2D eigenvalue weighted by Crippen LogP contribution is -2.09. The van der Waals surface area contributed by atoms with Crippen LogP contribution in [0, 0.1) is 0 Å². The molecule has 0 aliphatic rings. The van der Waals surface area contributed by atoms with Crippen LogP contribution in [0.5, 0.6) is 0 Å². The summed E-state index contributed by atoms with van der Waals surface area (Å²) in [6, 6.07) is 9.73. The average Bonchev–Trinajstić information content (AvgIpc) is 2.30. The van der Waals surface area contributed by atoms with Gasteiger partial charge in [-0.1, -0.05) is 30.3 Å². The van der Waals surface area contributed by atoms with E-state index in [0.29, 0.717) is 13.0 Å². The maximum Gasteiger partial charge on any atom is 0.306 e. The summed E-state index contributed by atoms with van der Waals surface area (Å²) in [5.41, 5.74) is 6.38. The van der Waals surface area contributed by atoms with Crippen molar-refractivity contribution in [3.8, 4) is 0 Å². The fraction of sp³-hybridized carbons (Fsp3) is 0.462. The zero-order valence-corrected chi connectivity index (χ0v) is 9.69. The molecule has 1 unspecified atom stereocenters. The summed E-state index contributed by atoms with van der Waals surface area (Å²) in [7, 11) is 0. The number of esters is 1. The average molecular weight is 221 g/mol. The molecule has 0 spiro atoms. The van der Waals surface area contributed by atoms with Crippen LogP contribution in [0.2, 0.25) is 0 Å². The number of carbonyl (C=O) groups is 1. The number of carbonyl (C=O) groups excluding carboxylic acids is 1. The first-order chi connectivity index (χ1) is 7.74. The van der Waals surface area contributed by atoms with Gasteiger partial charge in [0.1, 0.15) is 6.10 Å². The molecule has 3 nitrogen and oxygen atoms in total. The number of hydrogen-bond acceptors (Lipinski definition) is 3. The van der Waals surface area contributed by atoms with Crippen molar-refractivity contribution in [1.29, 1.82) is 0 Å². The quantitative estimate of drug-likeness (QED) is 0.593. The second-order valence-electron chi connectivity index (χ2n) is 3.79. The van der Waals surface area contributed by atoms with Crippen LogP contribution in [0.15, 0.2) is 30.3 Å². The van der Waals surface area contributed by atoms with Gasteiger partial charge >= 0.3 is 5.97 Å². The molecule has 0 radical (unpaired) electrons. The van der Waals surface area contributed by atoms with Gasteiger partial charge in [0.15, 0.2) is 0 Å². The van der Waals surface area contributed by atoms with Gasteiger partial charge in [-0.05, 0) is 31.9 Å². The summed E-state index contributed by atoms with van der Waals surface area (Å²) in [6.07, 6.45) is 1.95. The molecule has 88 valence electrons. The first kappa shape index (κ1) is 12.7. The summed E-state index contributed by atoms with van der Waals surface area (Å²) in [5.74, 6) is -0.148. The third kappa shape index (κ3) is 4.45. The second kappa shape index (κ2) is 7.01. The molecule has 0 aromatic heterocycles. The van der Waals surface area contributed by atoms with Crippen LogP contribution in [0.4, 0.5) is 0 Å². The molecule has 2 N–H and O–H groups in total. The lowest BCUT2D eigenvalue weighted by molar-refractivity contribution is -0.148. The third-order valence-electron chi connectivity index (χ3n) is 2.41. The van der Waals surface area contributed by atoms with E-state index in [1.54, 1.807) is 0 Å². The van der Waals surface area contributed by atoms with Gasteiger partial charge in [-0.2, -0.15) is 0 Å². The predicted molar refractivity (Wildman–Crippen MR) is 63.9 cm³/mol. The van der Waals surface area contributed by atoms with E-state index in [4.69, 9.17) is 10.5 Å². The van der Waals surface area contributed by atoms with Crippen molar-refractivity contribution in [2.75, 3.05) is 6.54 Å². The number of ether oxygens (including phenoxy) is 1. The van der Waals surface area contributed by atoms with Crippen LogP contribution >= 0.6 is 0 Å². The minimum atomic E-state index is -0.174. The molecule has 1 atom stereocenters. The van der Waals surface area contributed by atoms with Crippen molar-refractivity contribution < 1.29 is 9.53 Å². The zero-order chi connectivity index (χ0) is 11.8. The number of benzene rings is 1. The van der Waals surface area contributed by atoms with E-state index < -0.39 is 0 Å². The number of rotatable bonds is 6. The van der Waals surface area contributed by atoms with Gasteiger partial charge in [0, 0.05) is 6.42 Å². The Bertz CT molecular complexity index is 311. The lowest BCUT2D eigenvalue weighted by atomic mass is 10.1. The Labute approximate surface area is 96.6 Å². The van der Waals surface area contributed by atoms with E-state index in [2.05, 4.69) is 0 Å². The van der Waals surface area contributed by atoms with Crippen LogP contribution < -0.4 is 5.73 Å². The fourth-order valence-electron chi connectivity index (χ4n) is 1.46. The Hall–Kier alpha value is -1.35. The first-order valence-corrected chi connectivity index (χ1v) is 5.68. The maximum absolute atomic E-state index is 11.4. The Morgan fingerprint density at radius 3 is 2.62 bits per heavy atom. The highest BCUT2D eigenvalue weighted by molar-refractivity contribution is 5.69. The van der Waals surface area contributed by atoms with Gasteiger partial charge in [0.05, 0.1) is 0 Å². The van der Waals surface area contributed by atoms with Gasteiger partial charge in [-0.3, -0.25) is 4.79 Å². The molecule has 1 aromatic carbocycles. The number of unbranched alkanes of at least 4 members (excludes halogenated alkanes) is 1. The molecule has 1 rings (SSSR count). The van der Waals surface area contributed by atoms with Crippen LogP contribution in [-0.2, 0) is 9.53 Å². The van der Waals surface area contributed by atoms with E-state index in [9.17, 15) is 4.79 Å². The standard InChI is InChI=1S/C13H19NO2/c1-11(12-7-3-2-4-8-12)16-13(15)9-5-6-10-14/h2-4,7-8,11H,5-6,9-10,14H2,1H3. The fourth-order valence-corrected chi connectivity index (χ4v) is 1.46. The summed E-state index contributed by atoms with van der Waals surface area (Å²) in [5, 5.41) is 0. The molecule has 0 amide bonds. The Kier molecular flexibility index (Phi) is 5.57. The molecule has 0 aliphatic carbocycles. The van der Waals surface area contributed by atoms with E-state index in [-0.39, 0.29) is 12.1 Å². The van der Waals surface area contributed by atoms with Crippen LogP contribution in [0.25, 0.3) is 0 Å². The van der Waals surface area contributed by atoms with Gasteiger partial charge in [0.25, 0.3) is 0 Å². The van der Waals surface area contributed by atoms with E-state index in [1.165, 1.54) is 0 Å². The molecule has 1 aromatic rings. The van der Waals surface area contributed by atoms with Gasteiger partial charge in [-0.15, -0.1) is 0 Å². The van der Waals surface area contributed by atoms with E-state index in [1.807, 2.05) is 37.3 Å². The van der Waals surface area contributed by atoms with Crippen LogP contribution in [0.3, 0.4) is 0 Å². The summed E-state index contributed by atoms with van der Waals surface area (Å²) in [4.78, 5) is 11.4. The lowest BCUT2D eigenvalue weighted by Gasteiger charge is -2.13. The van der Waals surface area contributed by atoms with Crippen LogP contribution in [-0.4, -0.2) is 12.5 Å². The molecule has 3 heteroatoms. The Balaban J connectivity index is 2.34. The second-order valence-corrected chi connectivity index (χ2v) is 3.79. The molecule has 0 fully saturated rings. The highest BCUT2D eigenvalue weighted by atomic mass is 16.5. The van der Waals surface area contributed by atoms with Crippen molar-refractivity contribution in [3.63, 3.8) is 0 Å². The molecule has 16 heavy (non-hydrogen) atoms. The smallest absolute Gasteiger partial charge is 0.306 e. The molecular formula is C13H19NO2. The van der Waals surface area contributed by atoms with E-state index >= 15 is 0 Å². The summed E-state index contributed by atoms with van der Waals surface area (Å²) in [6.45, 7) is 2.51. The van der Waals surface area contributed by atoms with E-state index in [0.717, 1.165) is 18.4 Å².